The SMILES string of the molecule is Cc1ccccc1C1CCN(C(=O)CSc2ncn[nH]2)C1. The summed E-state index contributed by atoms with van der Waals surface area (Å²) in [5.41, 5.74) is 2.68. The molecule has 1 amide bonds. The molecular weight excluding hydrogens is 284 g/mol. The van der Waals surface area contributed by atoms with E-state index in [1.54, 1.807) is 0 Å². The molecule has 1 saturated heterocycles. The second-order valence-electron chi connectivity index (χ2n) is 5.26. The lowest BCUT2D eigenvalue weighted by atomic mass is 9.94. The number of nitrogens with zero attached hydrogens (tertiary/aromatic N) is 3. The van der Waals surface area contributed by atoms with Crippen LogP contribution in [0, 0.1) is 6.92 Å². The molecule has 1 fully saturated rings. The van der Waals surface area contributed by atoms with E-state index in [0.717, 1.165) is 19.5 Å². The zero-order chi connectivity index (χ0) is 14.7. The first-order valence-corrected chi connectivity index (χ1v) is 8.04. The van der Waals surface area contributed by atoms with E-state index in [9.17, 15) is 4.79 Å². The number of aromatic amines is 1. The van der Waals surface area contributed by atoms with Crippen LogP contribution in [0.1, 0.15) is 23.5 Å². The number of carbonyl (C=O) groups excluding carboxylic acids is 1. The Balaban J connectivity index is 1.57. The molecule has 21 heavy (non-hydrogen) atoms. The molecule has 1 aliphatic rings. The average Bonchev–Trinajstić information content (AvgIpc) is 3.17. The zero-order valence-corrected chi connectivity index (χ0v) is 12.8. The van der Waals surface area contributed by atoms with Gasteiger partial charge in [-0.25, -0.2) is 4.98 Å². The number of hydrogen-bond donors (Lipinski definition) is 1. The number of likely N-dealkylation sites (tertiary alicyclic amines) is 1. The predicted molar refractivity (Wildman–Crippen MR) is 82.2 cm³/mol. The van der Waals surface area contributed by atoms with Crippen LogP contribution in [-0.4, -0.2) is 44.8 Å². The van der Waals surface area contributed by atoms with Gasteiger partial charge in [-0.3, -0.25) is 9.89 Å². The van der Waals surface area contributed by atoms with Crippen molar-refractivity contribution in [3.63, 3.8) is 0 Å². The Morgan fingerprint density at radius 3 is 3.10 bits per heavy atom. The second-order valence-corrected chi connectivity index (χ2v) is 6.23. The first-order chi connectivity index (χ1) is 10.2. The summed E-state index contributed by atoms with van der Waals surface area (Å²) in [7, 11) is 0. The fourth-order valence-electron chi connectivity index (χ4n) is 2.77. The minimum Gasteiger partial charge on any atom is -0.341 e. The molecule has 0 spiro atoms. The Morgan fingerprint density at radius 1 is 1.48 bits per heavy atom. The molecule has 1 atom stereocenters. The fourth-order valence-corrected chi connectivity index (χ4v) is 3.45. The lowest BCUT2D eigenvalue weighted by molar-refractivity contribution is -0.127. The molecular formula is C15H18N4OS. The van der Waals surface area contributed by atoms with Crippen LogP contribution in [0.2, 0.25) is 0 Å². The minimum atomic E-state index is 0.174. The topological polar surface area (TPSA) is 61.9 Å². The molecule has 110 valence electrons. The maximum Gasteiger partial charge on any atom is 0.233 e. The largest absolute Gasteiger partial charge is 0.341 e. The van der Waals surface area contributed by atoms with E-state index in [2.05, 4.69) is 46.4 Å². The Labute approximate surface area is 128 Å². The second kappa shape index (κ2) is 6.30. The molecule has 1 N–H and O–H groups in total. The summed E-state index contributed by atoms with van der Waals surface area (Å²) in [6, 6.07) is 8.45. The number of aromatic nitrogens is 3. The molecule has 0 radical (unpaired) electrons. The standard InChI is InChI=1S/C15H18N4OS/c1-11-4-2-3-5-13(11)12-6-7-19(8-12)14(20)9-21-15-16-10-17-18-15/h2-5,10,12H,6-9H2,1H3,(H,16,17,18). The first kappa shape index (κ1) is 14.1. The molecule has 5 nitrogen and oxygen atoms in total. The summed E-state index contributed by atoms with van der Waals surface area (Å²) in [5, 5.41) is 7.23. The van der Waals surface area contributed by atoms with Crippen molar-refractivity contribution >= 4 is 17.7 Å². The van der Waals surface area contributed by atoms with Crippen molar-refractivity contribution < 1.29 is 4.79 Å². The van der Waals surface area contributed by atoms with Gasteiger partial charge in [-0.15, -0.1) is 0 Å². The lowest BCUT2D eigenvalue weighted by Crippen LogP contribution is -2.30. The number of nitrogens with one attached hydrogen (secondary N) is 1. The third-order valence-electron chi connectivity index (χ3n) is 3.89. The third-order valence-corrected chi connectivity index (χ3v) is 4.76. The Bertz CT molecular complexity index is 614. The van der Waals surface area contributed by atoms with Crippen molar-refractivity contribution in [1.82, 2.24) is 20.1 Å². The molecule has 1 unspecified atom stereocenters. The van der Waals surface area contributed by atoms with Gasteiger partial charge in [-0.2, -0.15) is 5.10 Å². The molecule has 0 saturated carbocycles. The van der Waals surface area contributed by atoms with Gasteiger partial charge in [0.15, 0.2) is 5.16 Å². The van der Waals surface area contributed by atoms with Gasteiger partial charge in [0, 0.05) is 19.0 Å². The number of amides is 1. The van der Waals surface area contributed by atoms with Crippen LogP contribution in [0.4, 0.5) is 0 Å². The van der Waals surface area contributed by atoms with Gasteiger partial charge in [-0.1, -0.05) is 36.0 Å². The molecule has 0 aliphatic carbocycles. The number of benzene rings is 1. The lowest BCUT2D eigenvalue weighted by Gasteiger charge is -2.17. The molecule has 3 rings (SSSR count). The van der Waals surface area contributed by atoms with Crippen LogP contribution in [0.3, 0.4) is 0 Å². The van der Waals surface area contributed by atoms with Crippen molar-refractivity contribution in [2.24, 2.45) is 0 Å². The number of aryl methyl sites for hydroxylation is 1. The van der Waals surface area contributed by atoms with E-state index in [-0.39, 0.29) is 5.91 Å². The van der Waals surface area contributed by atoms with E-state index < -0.39 is 0 Å². The molecule has 1 aromatic carbocycles. The minimum absolute atomic E-state index is 0.174. The third kappa shape index (κ3) is 3.26. The summed E-state index contributed by atoms with van der Waals surface area (Å²) in [6.45, 7) is 3.80. The monoisotopic (exact) mass is 302 g/mol. The van der Waals surface area contributed by atoms with Crippen molar-refractivity contribution in [2.75, 3.05) is 18.8 Å². The normalized spacial score (nSPS) is 18.1. The van der Waals surface area contributed by atoms with Crippen molar-refractivity contribution in [2.45, 2.75) is 24.4 Å². The number of H-pyrrole nitrogens is 1. The fraction of sp³-hybridized carbons (Fsp3) is 0.400. The van der Waals surface area contributed by atoms with E-state index in [1.165, 1.54) is 29.2 Å². The Hall–Kier alpha value is -1.82. The average molecular weight is 302 g/mol. The van der Waals surface area contributed by atoms with Crippen LogP contribution in [-0.2, 0) is 4.79 Å². The summed E-state index contributed by atoms with van der Waals surface area (Å²) in [6.07, 6.45) is 2.50. The van der Waals surface area contributed by atoms with Crippen molar-refractivity contribution in [3.05, 3.63) is 41.7 Å². The highest BCUT2D eigenvalue weighted by atomic mass is 32.2. The van der Waals surface area contributed by atoms with Crippen molar-refractivity contribution in [3.8, 4) is 0 Å². The number of rotatable bonds is 4. The summed E-state index contributed by atoms with van der Waals surface area (Å²) >= 11 is 1.40. The molecule has 1 aromatic heterocycles. The maximum absolute atomic E-state index is 12.2. The smallest absolute Gasteiger partial charge is 0.233 e. The van der Waals surface area contributed by atoms with Gasteiger partial charge in [0.05, 0.1) is 5.75 Å². The number of thioether (sulfide) groups is 1. The van der Waals surface area contributed by atoms with Crippen LogP contribution < -0.4 is 0 Å². The van der Waals surface area contributed by atoms with Gasteiger partial charge in [0.25, 0.3) is 0 Å². The number of hydrogen-bond acceptors (Lipinski definition) is 4. The van der Waals surface area contributed by atoms with Gasteiger partial charge in [0.1, 0.15) is 6.33 Å². The maximum atomic E-state index is 12.2. The van der Waals surface area contributed by atoms with Crippen LogP contribution >= 0.6 is 11.8 Å². The summed E-state index contributed by atoms with van der Waals surface area (Å²) in [5.74, 6) is 1.05. The van der Waals surface area contributed by atoms with Crippen molar-refractivity contribution in [1.29, 1.82) is 0 Å². The predicted octanol–water partition coefficient (Wildman–Crippen LogP) is 2.22. The Morgan fingerprint density at radius 2 is 2.33 bits per heavy atom. The van der Waals surface area contributed by atoms with Crippen LogP contribution in [0.25, 0.3) is 0 Å². The van der Waals surface area contributed by atoms with E-state index in [1.807, 2.05) is 4.90 Å². The quantitative estimate of drug-likeness (QED) is 0.880. The van der Waals surface area contributed by atoms with E-state index in [0.29, 0.717) is 16.8 Å². The van der Waals surface area contributed by atoms with Gasteiger partial charge in [0.2, 0.25) is 5.91 Å². The van der Waals surface area contributed by atoms with Gasteiger partial charge in [-0.05, 0) is 24.5 Å². The highest BCUT2D eigenvalue weighted by molar-refractivity contribution is 7.99. The van der Waals surface area contributed by atoms with Crippen LogP contribution in [0.5, 0.6) is 0 Å². The zero-order valence-electron chi connectivity index (χ0n) is 12.0. The molecule has 6 heteroatoms. The molecule has 0 bridgehead atoms. The highest BCUT2D eigenvalue weighted by Gasteiger charge is 2.27. The van der Waals surface area contributed by atoms with E-state index >= 15 is 0 Å². The van der Waals surface area contributed by atoms with E-state index in [4.69, 9.17) is 0 Å². The Kier molecular flexibility index (Phi) is 4.24. The number of carbonyl (C=O) groups is 1. The molecule has 2 aromatic rings. The van der Waals surface area contributed by atoms with Gasteiger partial charge >= 0.3 is 0 Å². The molecule has 1 aliphatic heterocycles. The summed E-state index contributed by atoms with van der Waals surface area (Å²) < 4.78 is 0. The molecule has 2 heterocycles. The highest BCUT2D eigenvalue weighted by Crippen LogP contribution is 2.29. The summed E-state index contributed by atoms with van der Waals surface area (Å²) in [4.78, 5) is 18.2. The van der Waals surface area contributed by atoms with Gasteiger partial charge < -0.3 is 4.90 Å². The first-order valence-electron chi connectivity index (χ1n) is 7.05. The van der Waals surface area contributed by atoms with Crippen LogP contribution in [0.15, 0.2) is 35.7 Å².